The summed E-state index contributed by atoms with van der Waals surface area (Å²) in [7, 11) is 0. The highest BCUT2D eigenvalue weighted by atomic mass is 35.5. The van der Waals surface area contributed by atoms with Crippen molar-refractivity contribution in [1.29, 1.82) is 0 Å². The van der Waals surface area contributed by atoms with Crippen molar-refractivity contribution in [2.75, 3.05) is 18.6 Å². The van der Waals surface area contributed by atoms with E-state index in [2.05, 4.69) is 4.98 Å². The summed E-state index contributed by atoms with van der Waals surface area (Å²) in [6.07, 6.45) is 1.94. The molecular formula is C8H9Cl2NO2S. The van der Waals surface area contributed by atoms with Crippen molar-refractivity contribution in [3.05, 3.63) is 21.9 Å². The number of nitrogens with one attached hydrogen (secondary N) is 1. The Labute approximate surface area is 96.1 Å². The number of aromatic nitrogens is 1. The second kappa shape index (κ2) is 5.53. The third-order valence-electron chi connectivity index (χ3n) is 1.47. The minimum Gasteiger partial charge on any atom is -0.460 e. The molecule has 1 N–H and O–H groups in total. The molecular weight excluding hydrogens is 245 g/mol. The number of carbonyl (C=O) groups is 1. The van der Waals surface area contributed by atoms with E-state index in [1.165, 1.54) is 6.07 Å². The number of esters is 1. The van der Waals surface area contributed by atoms with Gasteiger partial charge in [-0.1, -0.05) is 23.2 Å². The summed E-state index contributed by atoms with van der Waals surface area (Å²) in [4.78, 5) is 13.9. The zero-order valence-corrected chi connectivity index (χ0v) is 9.80. The van der Waals surface area contributed by atoms with Crippen LogP contribution < -0.4 is 0 Å². The molecule has 3 nitrogen and oxygen atoms in total. The average Bonchev–Trinajstić information content (AvgIpc) is 2.47. The van der Waals surface area contributed by atoms with Gasteiger partial charge in [0.1, 0.15) is 17.5 Å². The molecule has 1 heterocycles. The number of H-pyrrole nitrogens is 1. The molecule has 0 bridgehead atoms. The van der Waals surface area contributed by atoms with E-state index in [9.17, 15) is 4.79 Å². The van der Waals surface area contributed by atoms with Crippen LogP contribution in [0.5, 0.6) is 0 Å². The molecule has 1 rings (SSSR count). The first-order chi connectivity index (χ1) is 6.65. The van der Waals surface area contributed by atoms with Crippen LogP contribution in [0.2, 0.25) is 10.2 Å². The normalized spacial score (nSPS) is 10.2. The van der Waals surface area contributed by atoms with Crippen LogP contribution in [0.25, 0.3) is 0 Å². The van der Waals surface area contributed by atoms with Crippen molar-refractivity contribution in [3.63, 3.8) is 0 Å². The van der Waals surface area contributed by atoms with E-state index in [0.717, 1.165) is 5.75 Å². The molecule has 0 aliphatic heterocycles. The number of aromatic amines is 1. The zero-order chi connectivity index (χ0) is 10.6. The van der Waals surface area contributed by atoms with Crippen molar-refractivity contribution in [1.82, 2.24) is 4.98 Å². The van der Waals surface area contributed by atoms with Gasteiger partial charge in [-0.25, -0.2) is 4.79 Å². The van der Waals surface area contributed by atoms with E-state index in [1.807, 2.05) is 6.26 Å². The Bertz CT molecular complexity index is 308. The number of rotatable bonds is 4. The Kier molecular flexibility index (Phi) is 4.65. The Morgan fingerprint density at radius 2 is 2.36 bits per heavy atom. The minimum absolute atomic E-state index is 0.253. The maximum atomic E-state index is 11.3. The molecule has 0 aliphatic rings. The van der Waals surface area contributed by atoms with Crippen molar-refractivity contribution in [2.24, 2.45) is 0 Å². The molecule has 0 spiro atoms. The smallest absolute Gasteiger partial charge is 0.354 e. The van der Waals surface area contributed by atoms with Crippen LogP contribution in [0.15, 0.2) is 6.07 Å². The lowest BCUT2D eigenvalue weighted by Gasteiger charge is -2.00. The van der Waals surface area contributed by atoms with Gasteiger partial charge >= 0.3 is 5.97 Å². The number of hydrogen-bond acceptors (Lipinski definition) is 3. The molecule has 0 fully saturated rings. The molecule has 78 valence electrons. The Hall–Kier alpha value is -0.320. The van der Waals surface area contributed by atoms with Crippen LogP contribution in [0.3, 0.4) is 0 Å². The molecule has 0 saturated heterocycles. The van der Waals surface area contributed by atoms with Crippen molar-refractivity contribution in [3.8, 4) is 0 Å². The molecule has 0 amide bonds. The largest absolute Gasteiger partial charge is 0.460 e. The van der Waals surface area contributed by atoms with Gasteiger partial charge in [0.2, 0.25) is 0 Å². The van der Waals surface area contributed by atoms with Crippen LogP contribution in [-0.2, 0) is 4.74 Å². The fraction of sp³-hybridized carbons (Fsp3) is 0.375. The number of halogens is 2. The fourth-order valence-electron chi connectivity index (χ4n) is 0.810. The van der Waals surface area contributed by atoms with Crippen molar-refractivity contribution in [2.45, 2.75) is 0 Å². The highest BCUT2D eigenvalue weighted by Gasteiger charge is 2.12. The molecule has 0 radical (unpaired) electrons. The van der Waals surface area contributed by atoms with Crippen LogP contribution in [0, 0.1) is 0 Å². The summed E-state index contributed by atoms with van der Waals surface area (Å²) in [6, 6.07) is 1.45. The van der Waals surface area contributed by atoms with Gasteiger partial charge in [0.15, 0.2) is 0 Å². The van der Waals surface area contributed by atoms with Gasteiger partial charge in [-0.15, -0.1) is 0 Å². The molecule has 0 saturated carbocycles. The highest BCUT2D eigenvalue weighted by Crippen LogP contribution is 2.22. The lowest BCUT2D eigenvalue weighted by molar-refractivity contribution is 0.0524. The monoisotopic (exact) mass is 253 g/mol. The predicted molar refractivity (Wildman–Crippen MR) is 59.5 cm³/mol. The van der Waals surface area contributed by atoms with Crippen LogP contribution in [0.4, 0.5) is 0 Å². The maximum Gasteiger partial charge on any atom is 0.354 e. The van der Waals surface area contributed by atoms with Gasteiger partial charge in [0.25, 0.3) is 0 Å². The van der Waals surface area contributed by atoms with E-state index in [4.69, 9.17) is 27.9 Å². The lowest BCUT2D eigenvalue weighted by atomic mass is 10.4. The van der Waals surface area contributed by atoms with E-state index in [1.54, 1.807) is 11.8 Å². The second-order valence-corrected chi connectivity index (χ2v) is 4.24. The fourth-order valence-corrected chi connectivity index (χ4v) is 1.37. The molecule has 6 heteroatoms. The highest BCUT2D eigenvalue weighted by molar-refractivity contribution is 7.98. The van der Waals surface area contributed by atoms with E-state index < -0.39 is 5.97 Å². The standard InChI is InChI=1S/C8H9Cl2NO2S/c1-14-3-2-13-8(12)6-4-5(9)7(10)11-6/h4,11H,2-3H2,1H3. The first kappa shape index (κ1) is 11.8. The number of thioether (sulfide) groups is 1. The van der Waals surface area contributed by atoms with Crippen LogP contribution in [0.1, 0.15) is 10.5 Å². The number of ether oxygens (including phenoxy) is 1. The topological polar surface area (TPSA) is 42.1 Å². The average molecular weight is 254 g/mol. The molecule has 1 aromatic heterocycles. The predicted octanol–water partition coefficient (Wildman–Crippen LogP) is 2.84. The van der Waals surface area contributed by atoms with Crippen LogP contribution in [-0.4, -0.2) is 29.6 Å². The molecule has 1 aromatic rings. The maximum absolute atomic E-state index is 11.3. The minimum atomic E-state index is -0.437. The first-order valence-corrected chi connectivity index (χ1v) is 6.00. The third kappa shape index (κ3) is 3.12. The zero-order valence-electron chi connectivity index (χ0n) is 7.47. The quantitative estimate of drug-likeness (QED) is 0.663. The first-order valence-electron chi connectivity index (χ1n) is 3.85. The van der Waals surface area contributed by atoms with Gasteiger partial charge in [-0.05, 0) is 12.3 Å². The van der Waals surface area contributed by atoms with E-state index in [-0.39, 0.29) is 10.8 Å². The number of hydrogen-bond donors (Lipinski definition) is 1. The summed E-state index contributed by atoms with van der Waals surface area (Å²) in [6.45, 7) is 0.383. The van der Waals surface area contributed by atoms with Gasteiger partial charge in [-0.2, -0.15) is 11.8 Å². The SMILES string of the molecule is CSCCOC(=O)c1cc(Cl)c(Cl)[nH]1. The van der Waals surface area contributed by atoms with Gasteiger partial charge in [0.05, 0.1) is 5.02 Å². The molecule has 0 aliphatic carbocycles. The van der Waals surface area contributed by atoms with Crippen molar-refractivity contribution < 1.29 is 9.53 Å². The van der Waals surface area contributed by atoms with E-state index >= 15 is 0 Å². The second-order valence-electron chi connectivity index (χ2n) is 2.47. The third-order valence-corrected chi connectivity index (χ3v) is 2.73. The van der Waals surface area contributed by atoms with Gasteiger partial charge in [-0.3, -0.25) is 0 Å². The summed E-state index contributed by atoms with van der Waals surface area (Å²) in [5.41, 5.74) is 0.279. The molecule has 0 atom stereocenters. The summed E-state index contributed by atoms with van der Waals surface area (Å²) in [5.74, 6) is 0.335. The lowest BCUT2D eigenvalue weighted by Crippen LogP contribution is -2.07. The number of carbonyl (C=O) groups excluding carboxylic acids is 1. The molecule has 0 aromatic carbocycles. The summed E-state index contributed by atoms with van der Waals surface area (Å²) in [5, 5.41) is 0.576. The van der Waals surface area contributed by atoms with Crippen molar-refractivity contribution >= 4 is 40.9 Å². The van der Waals surface area contributed by atoms with Gasteiger partial charge in [0, 0.05) is 5.75 Å². The van der Waals surface area contributed by atoms with Crippen LogP contribution >= 0.6 is 35.0 Å². The Morgan fingerprint density at radius 1 is 1.64 bits per heavy atom. The Balaban J connectivity index is 2.52. The molecule has 14 heavy (non-hydrogen) atoms. The Morgan fingerprint density at radius 3 is 2.86 bits per heavy atom. The summed E-state index contributed by atoms with van der Waals surface area (Å²) >= 11 is 12.9. The molecule has 0 unspecified atom stereocenters. The van der Waals surface area contributed by atoms with E-state index in [0.29, 0.717) is 11.6 Å². The van der Waals surface area contributed by atoms with Gasteiger partial charge < -0.3 is 9.72 Å². The summed E-state index contributed by atoms with van der Waals surface area (Å²) < 4.78 is 4.93.